The summed E-state index contributed by atoms with van der Waals surface area (Å²) in [5.41, 5.74) is -1.42. The number of halogens is 5. The minimum absolute atomic E-state index is 0.203. The van der Waals surface area contributed by atoms with Gasteiger partial charge in [0.25, 0.3) is 0 Å². The Labute approximate surface area is 117 Å². The third-order valence-electron chi connectivity index (χ3n) is 2.78. The third-order valence-corrected chi connectivity index (χ3v) is 3.01. The third kappa shape index (κ3) is 3.11. The lowest BCUT2D eigenvalue weighted by atomic mass is 9.96. The van der Waals surface area contributed by atoms with Crippen LogP contribution in [0.15, 0.2) is 42.5 Å². The van der Waals surface area contributed by atoms with Gasteiger partial charge in [0.05, 0.1) is 5.56 Å². The summed E-state index contributed by atoms with van der Waals surface area (Å²) < 4.78 is 51.6. The second-order valence-corrected chi connectivity index (χ2v) is 4.62. The van der Waals surface area contributed by atoms with Crippen LogP contribution in [0.4, 0.5) is 17.6 Å². The van der Waals surface area contributed by atoms with Gasteiger partial charge in [0, 0.05) is 5.02 Å². The molecule has 0 aromatic heterocycles. The molecular formula is C14H9ClF4O. The molecule has 2 rings (SSSR count). The van der Waals surface area contributed by atoms with E-state index in [0.29, 0.717) is 6.07 Å². The Hall–Kier alpha value is -1.59. The van der Waals surface area contributed by atoms with Crippen LogP contribution in [0.1, 0.15) is 22.8 Å². The van der Waals surface area contributed by atoms with E-state index in [4.69, 9.17) is 11.6 Å². The van der Waals surface area contributed by atoms with Gasteiger partial charge in [0.1, 0.15) is 11.9 Å². The van der Waals surface area contributed by atoms with Gasteiger partial charge < -0.3 is 5.11 Å². The van der Waals surface area contributed by atoms with Crippen LogP contribution >= 0.6 is 11.6 Å². The monoisotopic (exact) mass is 304 g/mol. The zero-order valence-electron chi connectivity index (χ0n) is 9.96. The Morgan fingerprint density at radius 2 is 1.75 bits per heavy atom. The van der Waals surface area contributed by atoms with Crippen LogP contribution in [0, 0.1) is 5.82 Å². The van der Waals surface area contributed by atoms with Crippen molar-refractivity contribution in [2.75, 3.05) is 0 Å². The van der Waals surface area contributed by atoms with Gasteiger partial charge in [0.2, 0.25) is 0 Å². The number of aliphatic hydroxyl groups is 1. The van der Waals surface area contributed by atoms with Crippen molar-refractivity contribution < 1.29 is 22.7 Å². The SMILES string of the molecule is OC(c1cccc(Cl)c1)c1ccc(F)cc1C(F)(F)F. The summed E-state index contributed by atoms with van der Waals surface area (Å²) in [5.74, 6) is -1.01. The molecule has 2 aromatic rings. The highest BCUT2D eigenvalue weighted by Gasteiger charge is 2.35. The smallest absolute Gasteiger partial charge is 0.384 e. The van der Waals surface area contributed by atoms with E-state index in [1.165, 1.54) is 24.3 Å². The van der Waals surface area contributed by atoms with Gasteiger partial charge in [-0.25, -0.2) is 4.39 Å². The molecule has 0 bridgehead atoms. The van der Waals surface area contributed by atoms with E-state index < -0.39 is 29.2 Å². The zero-order chi connectivity index (χ0) is 14.9. The average Bonchev–Trinajstić information content (AvgIpc) is 2.37. The van der Waals surface area contributed by atoms with Gasteiger partial charge >= 0.3 is 6.18 Å². The topological polar surface area (TPSA) is 20.2 Å². The van der Waals surface area contributed by atoms with Gasteiger partial charge in [0.15, 0.2) is 0 Å². The summed E-state index contributed by atoms with van der Waals surface area (Å²) in [4.78, 5) is 0. The van der Waals surface area contributed by atoms with E-state index >= 15 is 0 Å². The second-order valence-electron chi connectivity index (χ2n) is 4.19. The van der Waals surface area contributed by atoms with Crippen LogP contribution in [0.5, 0.6) is 0 Å². The lowest BCUT2D eigenvalue weighted by molar-refractivity contribution is -0.139. The molecule has 2 aromatic carbocycles. The minimum Gasteiger partial charge on any atom is -0.384 e. The Morgan fingerprint density at radius 1 is 1.05 bits per heavy atom. The summed E-state index contributed by atoms with van der Waals surface area (Å²) in [5, 5.41) is 10.4. The summed E-state index contributed by atoms with van der Waals surface area (Å²) in [6.45, 7) is 0. The maximum atomic E-state index is 13.0. The molecule has 1 atom stereocenters. The number of hydrogen-bond donors (Lipinski definition) is 1. The van der Waals surface area contributed by atoms with Crippen LogP contribution in [-0.2, 0) is 6.18 Å². The highest BCUT2D eigenvalue weighted by Crippen LogP contribution is 2.37. The molecule has 0 spiro atoms. The summed E-state index contributed by atoms with van der Waals surface area (Å²) >= 11 is 5.74. The summed E-state index contributed by atoms with van der Waals surface area (Å²) in [6, 6.07) is 8.01. The van der Waals surface area contributed by atoms with Crippen molar-refractivity contribution in [2.24, 2.45) is 0 Å². The Kier molecular flexibility index (Phi) is 4.01. The van der Waals surface area contributed by atoms with Crippen LogP contribution in [0.2, 0.25) is 5.02 Å². The maximum absolute atomic E-state index is 13.0. The lowest BCUT2D eigenvalue weighted by Gasteiger charge is -2.18. The van der Waals surface area contributed by atoms with Crippen LogP contribution in [0.25, 0.3) is 0 Å². The number of aliphatic hydroxyl groups excluding tert-OH is 1. The van der Waals surface area contributed by atoms with Gasteiger partial charge in [-0.2, -0.15) is 13.2 Å². The number of alkyl halides is 3. The van der Waals surface area contributed by atoms with Crippen LogP contribution < -0.4 is 0 Å². The van der Waals surface area contributed by atoms with Crippen molar-refractivity contribution in [2.45, 2.75) is 12.3 Å². The fourth-order valence-corrected chi connectivity index (χ4v) is 2.07. The van der Waals surface area contributed by atoms with E-state index in [1.54, 1.807) is 0 Å². The quantitative estimate of drug-likeness (QED) is 0.805. The highest BCUT2D eigenvalue weighted by molar-refractivity contribution is 6.30. The molecule has 1 nitrogen and oxygen atoms in total. The fraction of sp³-hybridized carbons (Fsp3) is 0.143. The molecule has 106 valence electrons. The number of benzene rings is 2. The number of rotatable bonds is 2. The molecule has 1 N–H and O–H groups in total. The van der Waals surface area contributed by atoms with Crippen molar-refractivity contribution in [1.29, 1.82) is 0 Å². The first kappa shape index (κ1) is 14.8. The first-order valence-electron chi connectivity index (χ1n) is 5.59. The molecule has 0 radical (unpaired) electrons. The molecule has 20 heavy (non-hydrogen) atoms. The van der Waals surface area contributed by atoms with Gasteiger partial charge in [-0.1, -0.05) is 29.8 Å². The van der Waals surface area contributed by atoms with Gasteiger partial charge in [-0.3, -0.25) is 0 Å². The van der Waals surface area contributed by atoms with E-state index in [1.807, 2.05) is 0 Å². The highest BCUT2D eigenvalue weighted by atomic mass is 35.5. The molecule has 0 saturated heterocycles. The molecule has 0 saturated carbocycles. The molecule has 0 amide bonds. The maximum Gasteiger partial charge on any atom is 0.416 e. The molecule has 0 aliphatic heterocycles. The first-order valence-corrected chi connectivity index (χ1v) is 5.97. The van der Waals surface area contributed by atoms with Crippen LogP contribution in [-0.4, -0.2) is 5.11 Å². The Bertz CT molecular complexity index is 625. The largest absolute Gasteiger partial charge is 0.416 e. The molecular weight excluding hydrogens is 296 g/mol. The standard InChI is InChI=1S/C14H9ClF4O/c15-9-3-1-2-8(6-9)13(20)11-5-4-10(16)7-12(11)14(17,18)19/h1-7,13,20H. The first-order chi connectivity index (χ1) is 9.29. The minimum atomic E-state index is -4.75. The summed E-state index contributed by atoms with van der Waals surface area (Å²) in [6.07, 6.45) is -6.29. The molecule has 0 heterocycles. The van der Waals surface area contributed by atoms with Gasteiger partial charge in [-0.05, 0) is 35.4 Å². The van der Waals surface area contributed by atoms with E-state index in [0.717, 1.165) is 12.1 Å². The lowest BCUT2D eigenvalue weighted by Crippen LogP contribution is -2.13. The predicted octanol–water partition coefficient (Wildman–Crippen LogP) is 4.58. The summed E-state index contributed by atoms with van der Waals surface area (Å²) in [7, 11) is 0. The molecule has 0 aliphatic rings. The normalized spacial score (nSPS) is 13.3. The van der Waals surface area contributed by atoms with Crippen molar-refractivity contribution in [3.05, 3.63) is 70.0 Å². The van der Waals surface area contributed by atoms with E-state index in [-0.39, 0.29) is 10.6 Å². The second kappa shape index (κ2) is 5.42. The predicted molar refractivity (Wildman–Crippen MR) is 66.9 cm³/mol. The van der Waals surface area contributed by atoms with Crippen molar-refractivity contribution in [1.82, 2.24) is 0 Å². The molecule has 0 fully saturated rings. The van der Waals surface area contributed by atoms with E-state index in [9.17, 15) is 22.7 Å². The molecule has 1 unspecified atom stereocenters. The average molecular weight is 305 g/mol. The van der Waals surface area contributed by atoms with E-state index in [2.05, 4.69) is 0 Å². The fourth-order valence-electron chi connectivity index (χ4n) is 1.87. The van der Waals surface area contributed by atoms with Crippen LogP contribution in [0.3, 0.4) is 0 Å². The Balaban J connectivity index is 2.52. The molecule has 0 aliphatic carbocycles. The van der Waals surface area contributed by atoms with Crippen molar-refractivity contribution in [3.8, 4) is 0 Å². The number of hydrogen-bond acceptors (Lipinski definition) is 1. The van der Waals surface area contributed by atoms with Gasteiger partial charge in [-0.15, -0.1) is 0 Å². The van der Waals surface area contributed by atoms with Crippen molar-refractivity contribution >= 4 is 11.6 Å². The Morgan fingerprint density at radius 3 is 2.35 bits per heavy atom. The van der Waals surface area contributed by atoms with Crippen molar-refractivity contribution in [3.63, 3.8) is 0 Å². The zero-order valence-corrected chi connectivity index (χ0v) is 10.7. The molecule has 6 heteroatoms.